The maximum atomic E-state index is 5.30. The molecule has 0 aliphatic carbocycles. The lowest BCUT2D eigenvalue weighted by Crippen LogP contribution is -2.40. The third-order valence-electron chi connectivity index (χ3n) is 2.73. The maximum Gasteiger partial charge on any atom is 0.0471 e. The van der Waals surface area contributed by atoms with Crippen LogP contribution in [-0.4, -0.2) is 26.3 Å². The van der Waals surface area contributed by atoms with Crippen molar-refractivity contribution in [2.24, 2.45) is 11.8 Å². The minimum Gasteiger partial charge on any atom is -0.381 e. The Bertz CT molecular complexity index is 162. The van der Waals surface area contributed by atoms with E-state index >= 15 is 0 Å². The van der Waals surface area contributed by atoms with Crippen LogP contribution in [0, 0.1) is 11.8 Å². The molecule has 0 atom stereocenters. The maximum absolute atomic E-state index is 5.30. The molecule has 13 heavy (non-hydrogen) atoms. The van der Waals surface area contributed by atoms with Crippen molar-refractivity contribution in [2.45, 2.75) is 12.8 Å². The molecule has 0 spiro atoms. The van der Waals surface area contributed by atoms with Gasteiger partial charge in [0.2, 0.25) is 0 Å². The van der Waals surface area contributed by atoms with Crippen LogP contribution in [-0.2, 0) is 4.74 Å². The summed E-state index contributed by atoms with van der Waals surface area (Å²) in [5, 5.41) is 3.27. The summed E-state index contributed by atoms with van der Waals surface area (Å²) < 4.78 is 5.30. The van der Waals surface area contributed by atoms with Crippen LogP contribution in [0.4, 0.5) is 0 Å². The highest BCUT2D eigenvalue weighted by atomic mass is 35.5. The molecule has 2 saturated heterocycles. The van der Waals surface area contributed by atoms with Gasteiger partial charge in [-0.25, -0.2) is 0 Å². The molecule has 2 nitrogen and oxygen atoms in total. The second kappa shape index (κ2) is 5.63. The summed E-state index contributed by atoms with van der Waals surface area (Å²) in [5.74, 6) is 1.60. The van der Waals surface area contributed by atoms with Gasteiger partial charge in [-0.15, -0.1) is 12.4 Å². The fourth-order valence-electron chi connectivity index (χ4n) is 1.67. The summed E-state index contributed by atoms with van der Waals surface area (Å²) in [4.78, 5) is 0. The van der Waals surface area contributed by atoms with Crippen molar-refractivity contribution in [2.75, 3.05) is 26.3 Å². The molecule has 0 bridgehead atoms. The zero-order valence-corrected chi connectivity index (χ0v) is 8.69. The lowest BCUT2D eigenvalue weighted by molar-refractivity contribution is 0.0783. The molecular formula is C10H18ClNO. The monoisotopic (exact) mass is 203 g/mol. The quantitative estimate of drug-likeness (QED) is 0.689. The molecule has 0 unspecified atom stereocenters. The molecule has 0 aromatic rings. The number of nitrogens with one attached hydrogen (secondary N) is 1. The highest BCUT2D eigenvalue weighted by molar-refractivity contribution is 5.85. The van der Waals surface area contributed by atoms with E-state index in [4.69, 9.17) is 4.74 Å². The highest BCUT2D eigenvalue weighted by Gasteiger charge is 2.15. The molecule has 76 valence electrons. The molecule has 0 radical (unpaired) electrons. The van der Waals surface area contributed by atoms with Crippen molar-refractivity contribution < 1.29 is 4.74 Å². The van der Waals surface area contributed by atoms with Crippen molar-refractivity contribution in [1.29, 1.82) is 0 Å². The van der Waals surface area contributed by atoms with E-state index in [9.17, 15) is 0 Å². The Morgan fingerprint density at radius 1 is 1.00 bits per heavy atom. The van der Waals surface area contributed by atoms with E-state index in [1.165, 1.54) is 25.9 Å². The van der Waals surface area contributed by atoms with Gasteiger partial charge in [0, 0.05) is 32.2 Å². The van der Waals surface area contributed by atoms with E-state index in [-0.39, 0.29) is 12.4 Å². The number of rotatable bonds is 2. The van der Waals surface area contributed by atoms with Gasteiger partial charge in [0.1, 0.15) is 0 Å². The van der Waals surface area contributed by atoms with E-state index in [1.54, 1.807) is 0 Å². The zero-order chi connectivity index (χ0) is 8.23. The standard InChI is InChI=1S/C10H17NO.ClH/c1(2-10-7-11-8-10)9-3-5-12-6-4-9;/h1-2,9-11H,3-8H2;1H/b2-1+;. The van der Waals surface area contributed by atoms with Crippen molar-refractivity contribution >= 4 is 12.4 Å². The third-order valence-corrected chi connectivity index (χ3v) is 2.73. The molecule has 0 amide bonds. The molecule has 2 rings (SSSR count). The highest BCUT2D eigenvalue weighted by Crippen LogP contribution is 2.17. The Hall–Kier alpha value is -0.0500. The number of ether oxygens (including phenoxy) is 1. The van der Waals surface area contributed by atoms with Gasteiger partial charge in [-0.2, -0.15) is 0 Å². The lowest BCUT2D eigenvalue weighted by Gasteiger charge is -2.25. The summed E-state index contributed by atoms with van der Waals surface area (Å²) in [7, 11) is 0. The van der Waals surface area contributed by atoms with Gasteiger partial charge < -0.3 is 10.1 Å². The van der Waals surface area contributed by atoms with Crippen LogP contribution < -0.4 is 5.32 Å². The summed E-state index contributed by atoms with van der Waals surface area (Å²) in [6.45, 7) is 4.27. The molecular weight excluding hydrogens is 186 g/mol. The Morgan fingerprint density at radius 2 is 1.62 bits per heavy atom. The first-order valence-corrected chi connectivity index (χ1v) is 4.92. The lowest BCUT2D eigenvalue weighted by atomic mass is 9.95. The molecule has 1 N–H and O–H groups in total. The number of allylic oxidation sites excluding steroid dienone is 1. The van der Waals surface area contributed by atoms with Crippen LogP contribution in [0.1, 0.15) is 12.8 Å². The van der Waals surface area contributed by atoms with Gasteiger partial charge in [0.25, 0.3) is 0 Å². The summed E-state index contributed by atoms with van der Waals surface area (Å²) >= 11 is 0. The number of hydrogen-bond acceptors (Lipinski definition) is 2. The first kappa shape index (κ1) is 11.0. The summed E-state index contributed by atoms with van der Waals surface area (Å²) in [6, 6.07) is 0. The smallest absolute Gasteiger partial charge is 0.0471 e. The van der Waals surface area contributed by atoms with Gasteiger partial charge in [-0.1, -0.05) is 12.2 Å². The van der Waals surface area contributed by atoms with E-state index in [0.29, 0.717) is 0 Å². The van der Waals surface area contributed by atoms with Crippen LogP contribution in [0.15, 0.2) is 12.2 Å². The molecule has 0 aromatic heterocycles. The second-order valence-corrected chi connectivity index (χ2v) is 3.75. The van der Waals surface area contributed by atoms with Crippen molar-refractivity contribution in [3.05, 3.63) is 12.2 Å². The Morgan fingerprint density at radius 3 is 2.15 bits per heavy atom. The Kier molecular flexibility index (Phi) is 4.78. The van der Waals surface area contributed by atoms with Gasteiger partial charge in [-0.3, -0.25) is 0 Å². The zero-order valence-electron chi connectivity index (χ0n) is 7.87. The fourth-order valence-corrected chi connectivity index (χ4v) is 1.67. The molecule has 2 fully saturated rings. The SMILES string of the molecule is C(=C\C1CNC1)/C1CCOCC1.Cl. The van der Waals surface area contributed by atoms with Gasteiger partial charge >= 0.3 is 0 Å². The predicted octanol–water partition coefficient (Wildman–Crippen LogP) is 1.61. The largest absolute Gasteiger partial charge is 0.381 e. The van der Waals surface area contributed by atoms with Gasteiger partial charge in [0.15, 0.2) is 0 Å². The van der Waals surface area contributed by atoms with Crippen molar-refractivity contribution in [3.63, 3.8) is 0 Å². The molecule has 2 aliphatic rings. The molecule has 2 heterocycles. The van der Waals surface area contributed by atoms with Crippen LogP contribution in [0.3, 0.4) is 0 Å². The molecule has 2 aliphatic heterocycles. The number of hydrogen-bond donors (Lipinski definition) is 1. The first-order valence-electron chi connectivity index (χ1n) is 4.92. The Balaban J connectivity index is 0.000000845. The van der Waals surface area contributed by atoms with E-state index < -0.39 is 0 Å². The molecule has 0 aromatic carbocycles. The molecule has 0 saturated carbocycles. The van der Waals surface area contributed by atoms with Crippen LogP contribution in [0.5, 0.6) is 0 Å². The van der Waals surface area contributed by atoms with E-state index in [2.05, 4.69) is 17.5 Å². The average Bonchev–Trinajstić information content (AvgIpc) is 2.04. The predicted molar refractivity (Wildman–Crippen MR) is 56.3 cm³/mol. The topological polar surface area (TPSA) is 21.3 Å². The van der Waals surface area contributed by atoms with Crippen LogP contribution >= 0.6 is 12.4 Å². The van der Waals surface area contributed by atoms with E-state index in [0.717, 1.165) is 25.0 Å². The summed E-state index contributed by atoms with van der Waals surface area (Å²) in [5.41, 5.74) is 0. The van der Waals surface area contributed by atoms with Crippen LogP contribution in [0.25, 0.3) is 0 Å². The fraction of sp³-hybridized carbons (Fsp3) is 0.800. The van der Waals surface area contributed by atoms with Crippen molar-refractivity contribution in [1.82, 2.24) is 5.32 Å². The van der Waals surface area contributed by atoms with E-state index in [1.807, 2.05) is 0 Å². The minimum atomic E-state index is 0. The first-order chi connectivity index (χ1) is 5.95. The van der Waals surface area contributed by atoms with Crippen LogP contribution in [0.2, 0.25) is 0 Å². The molecule has 3 heteroatoms. The minimum absolute atomic E-state index is 0. The van der Waals surface area contributed by atoms with Gasteiger partial charge in [0.05, 0.1) is 0 Å². The summed E-state index contributed by atoms with van der Waals surface area (Å²) in [6.07, 6.45) is 7.22. The van der Waals surface area contributed by atoms with Crippen molar-refractivity contribution in [3.8, 4) is 0 Å². The van der Waals surface area contributed by atoms with Gasteiger partial charge in [-0.05, 0) is 18.8 Å². The normalized spacial score (nSPS) is 25.5. The Labute approximate surface area is 86.1 Å². The second-order valence-electron chi connectivity index (χ2n) is 3.75. The number of halogens is 1. The third kappa shape index (κ3) is 3.29. The average molecular weight is 204 g/mol.